The van der Waals surface area contributed by atoms with Gasteiger partial charge in [-0.1, -0.05) is 12.8 Å². The number of nitrogens with two attached hydrogens (primary N) is 1. The SMILES string of the molecule is CN1CCCC(N(C)C(=O)CC2(N)CCCC2)C1. The van der Waals surface area contributed by atoms with Crippen LogP contribution < -0.4 is 5.73 Å². The zero-order valence-electron chi connectivity index (χ0n) is 11.8. The summed E-state index contributed by atoms with van der Waals surface area (Å²) < 4.78 is 0. The Morgan fingerprint density at radius 3 is 2.67 bits per heavy atom. The molecule has 1 aliphatic carbocycles. The Balaban J connectivity index is 1.87. The lowest BCUT2D eigenvalue weighted by Gasteiger charge is -2.37. The van der Waals surface area contributed by atoms with E-state index in [0.717, 1.165) is 32.4 Å². The second-order valence-corrected chi connectivity index (χ2v) is 6.31. The van der Waals surface area contributed by atoms with Crippen LogP contribution in [-0.4, -0.2) is 54.5 Å². The van der Waals surface area contributed by atoms with Crippen LogP contribution in [0.1, 0.15) is 44.9 Å². The van der Waals surface area contributed by atoms with Gasteiger partial charge in [0.05, 0.1) is 0 Å². The molecule has 4 nitrogen and oxygen atoms in total. The van der Waals surface area contributed by atoms with Crippen molar-refractivity contribution in [2.24, 2.45) is 5.73 Å². The topological polar surface area (TPSA) is 49.6 Å². The van der Waals surface area contributed by atoms with Crippen molar-refractivity contribution in [3.8, 4) is 0 Å². The number of likely N-dealkylation sites (tertiary alicyclic amines) is 1. The highest BCUT2D eigenvalue weighted by molar-refractivity contribution is 5.77. The van der Waals surface area contributed by atoms with Gasteiger partial charge in [-0.2, -0.15) is 0 Å². The highest BCUT2D eigenvalue weighted by Gasteiger charge is 2.34. The summed E-state index contributed by atoms with van der Waals surface area (Å²) in [4.78, 5) is 16.6. The maximum atomic E-state index is 12.3. The Morgan fingerprint density at radius 1 is 1.39 bits per heavy atom. The third kappa shape index (κ3) is 3.23. The van der Waals surface area contributed by atoms with E-state index >= 15 is 0 Å². The minimum atomic E-state index is -0.216. The number of piperidine rings is 1. The summed E-state index contributed by atoms with van der Waals surface area (Å²) >= 11 is 0. The largest absolute Gasteiger partial charge is 0.341 e. The van der Waals surface area contributed by atoms with Gasteiger partial charge in [-0.15, -0.1) is 0 Å². The molecule has 0 aromatic heterocycles. The number of amides is 1. The minimum Gasteiger partial charge on any atom is -0.341 e. The summed E-state index contributed by atoms with van der Waals surface area (Å²) in [6, 6.07) is 0.376. The average molecular weight is 253 g/mol. The average Bonchev–Trinajstić information content (AvgIpc) is 2.74. The van der Waals surface area contributed by atoms with Gasteiger partial charge < -0.3 is 15.5 Å². The van der Waals surface area contributed by atoms with Crippen LogP contribution in [0.25, 0.3) is 0 Å². The predicted molar refractivity (Wildman–Crippen MR) is 73.3 cm³/mol. The summed E-state index contributed by atoms with van der Waals surface area (Å²) in [5.74, 6) is 0.236. The van der Waals surface area contributed by atoms with Crippen molar-refractivity contribution in [1.82, 2.24) is 9.80 Å². The number of nitrogens with zero attached hydrogens (tertiary/aromatic N) is 2. The van der Waals surface area contributed by atoms with Gasteiger partial charge in [-0.25, -0.2) is 0 Å². The number of rotatable bonds is 3. The van der Waals surface area contributed by atoms with E-state index in [0.29, 0.717) is 12.5 Å². The van der Waals surface area contributed by atoms with E-state index in [1.807, 2.05) is 11.9 Å². The van der Waals surface area contributed by atoms with Crippen LogP contribution in [0.5, 0.6) is 0 Å². The maximum absolute atomic E-state index is 12.3. The smallest absolute Gasteiger partial charge is 0.224 e. The fourth-order valence-corrected chi connectivity index (χ4v) is 3.34. The van der Waals surface area contributed by atoms with Gasteiger partial charge in [-0.05, 0) is 39.3 Å². The fourth-order valence-electron chi connectivity index (χ4n) is 3.34. The molecule has 0 spiro atoms. The first-order chi connectivity index (χ1) is 8.50. The van der Waals surface area contributed by atoms with Gasteiger partial charge in [0.25, 0.3) is 0 Å². The molecule has 2 N–H and O–H groups in total. The highest BCUT2D eigenvalue weighted by Crippen LogP contribution is 2.30. The van der Waals surface area contributed by atoms with E-state index in [4.69, 9.17) is 5.73 Å². The van der Waals surface area contributed by atoms with E-state index in [1.54, 1.807) is 0 Å². The molecule has 0 radical (unpaired) electrons. The Labute approximate surface area is 110 Å². The molecular weight excluding hydrogens is 226 g/mol. The van der Waals surface area contributed by atoms with Crippen molar-refractivity contribution in [3.05, 3.63) is 0 Å². The predicted octanol–water partition coefficient (Wildman–Crippen LogP) is 1.20. The summed E-state index contributed by atoms with van der Waals surface area (Å²) in [7, 11) is 4.08. The van der Waals surface area contributed by atoms with Crippen molar-refractivity contribution in [2.75, 3.05) is 27.2 Å². The second-order valence-electron chi connectivity index (χ2n) is 6.31. The standard InChI is InChI=1S/C14H27N3O/c1-16-9-5-6-12(11-16)17(2)13(18)10-14(15)7-3-4-8-14/h12H,3-11,15H2,1-2H3. The first-order valence-corrected chi connectivity index (χ1v) is 7.23. The molecule has 104 valence electrons. The molecule has 18 heavy (non-hydrogen) atoms. The Bertz CT molecular complexity index is 299. The molecule has 0 aromatic rings. The molecule has 1 aliphatic heterocycles. The molecule has 1 amide bonds. The third-order valence-corrected chi connectivity index (χ3v) is 4.64. The minimum absolute atomic E-state index is 0.216. The van der Waals surface area contributed by atoms with Crippen molar-refractivity contribution < 1.29 is 4.79 Å². The van der Waals surface area contributed by atoms with Crippen LogP contribution in [-0.2, 0) is 4.79 Å². The number of hydrogen-bond acceptors (Lipinski definition) is 3. The zero-order valence-corrected chi connectivity index (χ0v) is 11.8. The lowest BCUT2D eigenvalue weighted by atomic mass is 9.93. The number of carbonyl (C=O) groups is 1. The van der Waals surface area contributed by atoms with Crippen LogP contribution in [0.4, 0.5) is 0 Å². The van der Waals surface area contributed by atoms with Gasteiger partial charge >= 0.3 is 0 Å². The third-order valence-electron chi connectivity index (χ3n) is 4.64. The van der Waals surface area contributed by atoms with Crippen LogP contribution >= 0.6 is 0 Å². The molecule has 2 rings (SSSR count). The quantitative estimate of drug-likeness (QED) is 0.822. The first kappa shape index (κ1) is 13.8. The molecule has 4 heteroatoms. The number of likely N-dealkylation sites (N-methyl/N-ethyl adjacent to an activating group) is 2. The molecular formula is C14H27N3O. The summed E-state index contributed by atoms with van der Waals surface area (Å²) in [6.07, 6.45) is 7.23. The summed E-state index contributed by atoms with van der Waals surface area (Å²) in [5, 5.41) is 0. The van der Waals surface area contributed by atoms with Gasteiger partial charge in [-0.3, -0.25) is 4.79 Å². The van der Waals surface area contributed by atoms with Crippen LogP contribution in [0.15, 0.2) is 0 Å². The van der Waals surface area contributed by atoms with Gasteiger partial charge in [0.2, 0.25) is 5.91 Å². The molecule has 1 saturated carbocycles. The second kappa shape index (κ2) is 5.57. The van der Waals surface area contributed by atoms with E-state index in [-0.39, 0.29) is 11.4 Å². The number of hydrogen-bond donors (Lipinski definition) is 1. The number of carbonyl (C=O) groups excluding carboxylic acids is 1. The maximum Gasteiger partial charge on any atom is 0.224 e. The monoisotopic (exact) mass is 253 g/mol. The Hall–Kier alpha value is -0.610. The summed E-state index contributed by atoms with van der Waals surface area (Å²) in [5.41, 5.74) is 6.08. The van der Waals surface area contributed by atoms with Crippen molar-refractivity contribution >= 4 is 5.91 Å². The first-order valence-electron chi connectivity index (χ1n) is 7.23. The van der Waals surface area contributed by atoms with E-state index < -0.39 is 0 Å². The molecule has 1 atom stereocenters. The van der Waals surface area contributed by atoms with E-state index in [9.17, 15) is 4.79 Å². The fraction of sp³-hybridized carbons (Fsp3) is 0.929. The van der Waals surface area contributed by atoms with Gasteiger partial charge in [0.1, 0.15) is 0 Å². The van der Waals surface area contributed by atoms with Crippen molar-refractivity contribution in [1.29, 1.82) is 0 Å². The molecule has 1 saturated heterocycles. The Morgan fingerprint density at radius 2 is 2.06 bits per heavy atom. The molecule has 2 fully saturated rings. The van der Waals surface area contributed by atoms with Gasteiger partial charge in [0.15, 0.2) is 0 Å². The Kier molecular flexibility index (Phi) is 4.28. The molecule has 2 aliphatic rings. The van der Waals surface area contributed by atoms with Crippen molar-refractivity contribution in [2.45, 2.75) is 56.5 Å². The molecule has 1 heterocycles. The lowest BCUT2D eigenvalue weighted by molar-refractivity contribution is -0.134. The van der Waals surface area contributed by atoms with E-state index in [1.165, 1.54) is 19.3 Å². The molecule has 0 aromatic carbocycles. The van der Waals surface area contributed by atoms with Crippen LogP contribution in [0.3, 0.4) is 0 Å². The van der Waals surface area contributed by atoms with Crippen molar-refractivity contribution in [3.63, 3.8) is 0 Å². The van der Waals surface area contributed by atoms with Crippen LogP contribution in [0, 0.1) is 0 Å². The zero-order chi connectivity index (χ0) is 13.2. The molecule has 0 bridgehead atoms. The molecule has 1 unspecified atom stereocenters. The highest BCUT2D eigenvalue weighted by atomic mass is 16.2. The lowest BCUT2D eigenvalue weighted by Crippen LogP contribution is -2.50. The van der Waals surface area contributed by atoms with Crippen LogP contribution in [0.2, 0.25) is 0 Å². The van der Waals surface area contributed by atoms with Gasteiger partial charge in [0, 0.05) is 31.6 Å². The van der Waals surface area contributed by atoms with E-state index in [2.05, 4.69) is 11.9 Å². The normalized spacial score (nSPS) is 28.3. The summed E-state index contributed by atoms with van der Waals surface area (Å²) in [6.45, 7) is 2.15.